The zero-order chi connectivity index (χ0) is 27.0. The zero-order valence-electron chi connectivity index (χ0n) is 19.9. The SMILES string of the molecule is O=S1(=O)NC(=NCc2ccncc2)Sc2cc(Cl)c(-c3nc4ccccc4c(=Nc4ccc(Cl)cc4)o3)cc21. The number of para-hydroxylation sites is 1. The summed E-state index contributed by atoms with van der Waals surface area (Å²) < 4.78 is 35.1. The van der Waals surface area contributed by atoms with Gasteiger partial charge in [-0.05, 0) is 66.2 Å². The lowest BCUT2D eigenvalue weighted by molar-refractivity contribution is 0.505. The molecule has 0 spiro atoms. The standard InChI is InChI=1S/C27H17Cl2N5O3S2/c28-17-5-7-18(8-6-17)32-25-19-3-1-2-4-22(19)33-26(37-25)20-13-24-23(14-21(20)29)38-27(34-39(24,35)36)31-15-16-9-11-30-12-10-16/h1-14H,15H2,(H,31,34). The Morgan fingerprint density at radius 1 is 0.974 bits per heavy atom. The molecule has 12 heteroatoms. The monoisotopic (exact) mass is 593 g/mol. The van der Waals surface area contributed by atoms with Crippen LogP contribution in [0, 0.1) is 0 Å². The van der Waals surface area contributed by atoms with Gasteiger partial charge in [0.25, 0.3) is 10.0 Å². The molecule has 8 nitrogen and oxygen atoms in total. The quantitative estimate of drug-likeness (QED) is 0.259. The predicted molar refractivity (Wildman–Crippen MR) is 153 cm³/mol. The fraction of sp³-hybridized carbons (Fsp3) is 0.0370. The minimum absolute atomic E-state index is 0.0520. The Kier molecular flexibility index (Phi) is 6.86. The van der Waals surface area contributed by atoms with Crippen LogP contribution in [0.2, 0.25) is 10.0 Å². The second kappa shape index (κ2) is 10.5. The number of aliphatic imine (C=N–C) groups is 1. The molecule has 3 heterocycles. The molecule has 194 valence electrons. The molecule has 1 aliphatic rings. The second-order valence-electron chi connectivity index (χ2n) is 8.39. The molecule has 0 fully saturated rings. The summed E-state index contributed by atoms with van der Waals surface area (Å²) in [5, 5.41) is 1.80. The van der Waals surface area contributed by atoms with E-state index in [0.29, 0.717) is 44.2 Å². The molecule has 0 amide bonds. The van der Waals surface area contributed by atoms with E-state index in [1.165, 1.54) is 17.8 Å². The molecule has 1 N–H and O–H groups in total. The maximum atomic E-state index is 13.2. The Labute approximate surface area is 237 Å². The van der Waals surface area contributed by atoms with Crippen LogP contribution in [0.3, 0.4) is 0 Å². The molecular weight excluding hydrogens is 577 g/mol. The summed E-state index contributed by atoms with van der Waals surface area (Å²) in [7, 11) is -3.93. The first-order valence-corrected chi connectivity index (χ1v) is 14.6. The summed E-state index contributed by atoms with van der Waals surface area (Å²) in [5.41, 5.74) is 2.76. The van der Waals surface area contributed by atoms with Crippen molar-refractivity contribution in [3.8, 4) is 11.5 Å². The van der Waals surface area contributed by atoms with Crippen LogP contribution in [-0.4, -0.2) is 23.6 Å². The van der Waals surface area contributed by atoms with Gasteiger partial charge in [0.1, 0.15) is 4.90 Å². The molecule has 0 radical (unpaired) electrons. The largest absolute Gasteiger partial charge is 0.419 e. The normalized spacial score (nSPS) is 15.7. The number of nitrogens with one attached hydrogen (secondary N) is 1. The fourth-order valence-corrected chi connectivity index (χ4v) is 6.92. The van der Waals surface area contributed by atoms with Crippen molar-refractivity contribution in [2.24, 2.45) is 9.98 Å². The van der Waals surface area contributed by atoms with Crippen LogP contribution in [0.15, 0.2) is 109 Å². The smallest absolute Gasteiger partial charge is 0.264 e. The molecule has 1 aliphatic heterocycles. The average Bonchev–Trinajstić information content (AvgIpc) is 2.93. The van der Waals surface area contributed by atoms with Gasteiger partial charge >= 0.3 is 0 Å². The maximum Gasteiger partial charge on any atom is 0.264 e. The van der Waals surface area contributed by atoms with E-state index in [1.54, 1.807) is 42.7 Å². The Morgan fingerprint density at radius 3 is 2.54 bits per heavy atom. The number of aromatic nitrogens is 2. The molecule has 39 heavy (non-hydrogen) atoms. The summed E-state index contributed by atoms with van der Waals surface area (Å²) in [6.07, 6.45) is 3.31. The molecule has 0 unspecified atom stereocenters. The first-order chi connectivity index (χ1) is 18.9. The molecule has 6 rings (SSSR count). The first kappa shape index (κ1) is 25.6. The van der Waals surface area contributed by atoms with Crippen molar-refractivity contribution in [2.75, 3.05) is 0 Å². The Balaban J connectivity index is 1.44. The maximum absolute atomic E-state index is 13.2. The van der Waals surface area contributed by atoms with E-state index in [9.17, 15) is 8.42 Å². The third-order valence-electron chi connectivity index (χ3n) is 5.74. The number of rotatable bonds is 4. The van der Waals surface area contributed by atoms with Gasteiger partial charge in [-0.3, -0.25) is 14.7 Å². The average molecular weight is 595 g/mol. The topological polar surface area (TPSA) is 110 Å². The fourth-order valence-electron chi connectivity index (χ4n) is 3.86. The lowest BCUT2D eigenvalue weighted by Crippen LogP contribution is -2.32. The van der Waals surface area contributed by atoms with E-state index >= 15 is 0 Å². The molecule has 0 saturated heterocycles. The number of hydrogen-bond donors (Lipinski definition) is 1. The number of pyridine rings is 1. The molecule has 0 bridgehead atoms. The van der Waals surface area contributed by atoms with Gasteiger partial charge in [0.05, 0.1) is 33.7 Å². The molecule has 0 aliphatic carbocycles. The molecular formula is C27H17Cl2N5O3S2. The van der Waals surface area contributed by atoms with Gasteiger partial charge in [0.15, 0.2) is 5.17 Å². The summed E-state index contributed by atoms with van der Waals surface area (Å²) in [5.74, 6) is 0.131. The highest BCUT2D eigenvalue weighted by molar-refractivity contribution is 8.16. The first-order valence-electron chi connectivity index (χ1n) is 11.5. The summed E-state index contributed by atoms with van der Waals surface area (Å²) in [6, 6.07) is 21.0. The van der Waals surface area contributed by atoms with Gasteiger partial charge in [0, 0.05) is 22.3 Å². The molecule has 5 aromatic rings. The minimum Gasteiger partial charge on any atom is -0.419 e. The minimum atomic E-state index is -3.93. The second-order valence-corrected chi connectivity index (χ2v) is 11.9. The number of thioether (sulfide) groups is 1. The van der Waals surface area contributed by atoms with E-state index in [0.717, 1.165) is 5.56 Å². The van der Waals surface area contributed by atoms with Gasteiger partial charge in [-0.2, -0.15) is 0 Å². The van der Waals surface area contributed by atoms with E-state index in [-0.39, 0.29) is 21.0 Å². The van der Waals surface area contributed by atoms with E-state index < -0.39 is 10.0 Å². The highest BCUT2D eigenvalue weighted by Gasteiger charge is 2.30. The van der Waals surface area contributed by atoms with Crippen LogP contribution in [0.25, 0.3) is 22.4 Å². The Morgan fingerprint density at radius 2 is 1.74 bits per heavy atom. The highest BCUT2D eigenvalue weighted by Crippen LogP contribution is 2.39. The van der Waals surface area contributed by atoms with Crippen LogP contribution < -0.4 is 10.3 Å². The van der Waals surface area contributed by atoms with E-state index in [4.69, 9.17) is 27.6 Å². The van der Waals surface area contributed by atoms with Crippen molar-refractivity contribution in [3.63, 3.8) is 0 Å². The van der Waals surface area contributed by atoms with Crippen LogP contribution in [0.1, 0.15) is 5.56 Å². The lowest BCUT2D eigenvalue weighted by Gasteiger charge is -2.20. The third-order valence-corrected chi connectivity index (χ3v) is 8.93. The number of amidine groups is 1. The number of nitrogens with zero attached hydrogens (tertiary/aromatic N) is 4. The van der Waals surface area contributed by atoms with E-state index in [1.807, 2.05) is 36.4 Å². The van der Waals surface area contributed by atoms with Gasteiger partial charge in [0.2, 0.25) is 11.4 Å². The van der Waals surface area contributed by atoms with Gasteiger partial charge in [-0.15, -0.1) is 0 Å². The van der Waals surface area contributed by atoms with E-state index in [2.05, 4.69) is 24.7 Å². The summed E-state index contributed by atoms with van der Waals surface area (Å²) in [6.45, 7) is 0.300. The van der Waals surface area contributed by atoms with Crippen molar-refractivity contribution >= 4 is 66.7 Å². The molecule has 0 atom stereocenters. The Hall–Kier alpha value is -3.70. The zero-order valence-corrected chi connectivity index (χ0v) is 23.0. The Bertz CT molecular complexity index is 1930. The van der Waals surface area contributed by atoms with Crippen molar-refractivity contribution in [1.82, 2.24) is 14.7 Å². The summed E-state index contributed by atoms with van der Waals surface area (Å²) >= 11 is 13.9. The van der Waals surface area contributed by atoms with Crippen molar-refractivity contribution in [3.05, 3.63) is 106 Å². The molecule has 0 saturated carbocycles. The van der Waals surface area contributed by atoms with Crippen molar-refractivity contribution in [2.45, 2.75) is 16.3 Å². The number of hydrogen-bond acceptors (Lipinski definition) is 8. The number of benzene rings is 3. The van der Waals surface area contributed by atoms with Crippen LogP contribution in [0.4, 0.5) is 5.69 Å². The van der Waals surface area contributed by atoms with Crippen LogP contribution >= 0.6 is 35.0 Å². The van der Waals surface area contributed by atoms with Crippen LogP contribution in [-0.2, 0) is 16.6 Å². The van der Waals surface area contributed by atoms with Gasteiger partial charge < -0.3 is 4.42 Å². The van der Waals surface area contributed by atoms with Crippen molar-refractivity contribution in [1.29, 1.82) is 0 Å². The van der Waals surface area contributed by atoms with Crippen LogP contribution in [0.5, 0.6) is 0 Å². The number of sulfonamides is 1. The predicted octanol–water partition coefficient (Wildman–Crippen LogP) is 6.37. The number of halogens is 2. The third kappa shape index (κ3) is 5.41. The van der Waals surface area contributed by atoms with Crippen molar-refractivity contribution < 1.29 is 12.8 Å². The molecule has 2 aromatic heterocycles. The lowest BCUT2D eigenvalue weighted by atomic mass is 10.2. The van der Waals surface area contributed by atoms with Gasteiger partial charge in [-0.1, -0.05) is 47.1 Å². The number of fused-ring (bicyclic) bond motifs is 2. The highest BCUT2D eigenvalue weighted by atomic mass is 35.5. The summed E-state index contributed by atoms with van der Waals surface area (Å²) in [4.78, 5) is 18.1. The molecule has 3 aromatic carbocycles. The van der Waals surface area contributed by atoms with Gasteiger partial charge in [-0.25, -0.2) is 18.4 Å².